The van der Waals surface area contributed by atoms with Crippen LogP contribution in [0, 0.1) is 11.8 Å². The second kappa shape index (κ2) is 9.03. The number of hydrogen-bond acceptors (Lipinski definition) is 5. The van der Waals surface area contributed by atoms with E-state index in [1.165, 1.54) is 13.8 Å². The van der Waals surface area contributed by atoms with Crippen molar-refractivity contribution in [2.45, 2.75) is 38.9 Å². The molecule has 1 rings (SSSR count). The Morgan fingerprint density at radius 1 is 1.05 bits per heavy atom. The van der Waals surface area contributed by atoms with Gasteiger partial charge in [-0.25, -0.2) is 4.79 Å². The van der Waals surface area contributed by atoms with Gasteiger partial charge in [-0.15, -0.1) is 0 Å². The van der Waals surface area contributed by atoms with E-state index >= 15 is 0 Å². The minimum Gasteiger partial charge on any atom is -0.722 e. The van der Waals surface area contributed by atoms with Crippen LogP contribution < -0.4 is 56.6 Å². The zero-order chi connectivity index (χ0) is 15.2. The standard InChI is InChI=1S/C15H18O5.K/c1-14(2,19-17)10-11-15(3,4)20-18-13(16)12-8-6-5-7-9-12;/h5-9,17H,1-4H3;/q;+1/p-1. The number of carbonyl (C=O) groups is 1. The third-order valence-corrected chi connectivity index (χ3v) is 2.21. The summed E-state index contributed by atoms with van der Waals surface area (Å²) in [6.45, 7) is 6.27. The molecular formula is C15H17KO5. The average Bonchev–Trinajstić information content (AvgIpc) is 2.44. The monoisotopic (exact) mass is 316 g/mol. The van der Waals surface area contributed by atoms with Crippen LogP contribution in [-0.4, -0.2) is 17.2 Å². The Balaban J connectivity index is 0.00000400. The fourth-order valence-corrected chi connectivity index (χ4v) is 1.11. The van der Waals surface area contributed by atoms with E-state index in [-0.39, 0.29) is 51.4 Å². The van der Waals surface area contributed by atoms with Crippen LogP contribution in [0.2, 0.25) is 0 Å². The molecule has 0 aromatic heterocycles. The van der Waals surface area contributed by atoms with Gasteiger partial charge >= 0.3 is 57.4 Å². The molecular weight excluding hydrogens is 299 g/mol. The van der Waals surface area contributed by atoms with Crippen LogP contribution in [0.5, 0.6) is 0 Å². The third-order valence-electron chi connectivity index (χ3n) is 2.21. The molecule has 0 bridgehead atoms. The molecule has 0 atom stereocenters. The predicted octanol–water partition coefficient (Wildman–Crippen LogP) is -1.37. The summed E-state index contributed by atoms with van der Waals surface area (Å²) in [6, 6.07) is 8.45. The summed E-state index contributed by atoms with van der Waals surface area (Å²) >= 11 is 0. The molecule has 1 aromatic carbocycles. The van der Waals surface area contributed by atoms with Gasteiger partial charge in [0.25, 0.3) is 0 Å². The molecule has 0 heterocycles. The van der Waals surface area contributed by atoms with E-state index in [1.54, 1.807) is 44.2 Å². The van der Waals surface area contributed by atoms with Crippen LogP contribution in [0.1, 0.15) is 38.1 Å². The molecule has 0 N–H and O–H groups in total. The molecule has 0 saturated carbocycles. The summed E-state index contributed by atoms with van der Waals surface area (Å²) < 4.78 is 0. The van der Waals surface area contributed by atoms with Gasteiger partial charge in [0.15, 0.2) is 5.60 Å². The van der Waals surface area contributed by atoms with Gasteiger partial charge in [0.1, 0.15) is 5.60 Å². The maximum atomic E-state index is 11.7. The van der Waals surface area contributed by atoms with Crippen molar-refractivity contribution in [3.05, 3.63) is 35.9 Å². The molecule has 0 radical (unpaired) electrons. The van der Waals surface area contributed by atoms with Crippen LogP contribution in [-0.2, 0) is 14.7 Å². The van der Waals surface area contributed by atoms with Gasteiger partial charge in [0.2, 0.25) is 0 Å². The van der Waals surface area contributed by atoms with Gasteiger partial charge in [-0.3, -0.25) is 4.89 Å². The van der Waals surface area contributed by atoms with E-state index in [4.69, 9.17) is 9.78 Å². The van der Waals surface area contributed by atoms with E-state index in [0.717, 1.165) is 0 Å². The van der Waals surface area contributed by atoms with Gasteiger partial charge in [-0.1, -0.05) is 30.0 Å². The van der Waals surface area contributed by atoms with Crippen LogP contribution in [0.4, 0.5) is 0 Å². The topological polar surface area (TPSA) is 67.8 Å². The molecule has 0 aliphatic rings. The van der Waals surface area contributed by atoms with Crippen molar-refractivity contribution in [3.63, 3.8) is 0 Å². The molecule has 5 nitrogen and oxygen atoms in total. The molecule has 0 unspecified atom stereocenters. The SMILES string of the molecule is CC(C)(C#CC(C)(C)OOC(=O)c1ccccc1)O[O-].[K+]. The molecule has 0 spiro atoms. The fraction of sp³-hybridized carbons (Fsp3) is 0.400. The molecule has 0 aliphatic carbocycles. The van der Waals surface area contributed by atoms with Crippen LogP contribution in [0.3, 0.4) is 0 Å². The molecule has 21 heavy (non-hydrogen) atoms. The first kappa shape index (κ1) is 20.8. The maximum absolute atomic E-state index is 11.7. The van der Waals surface area contributed by atoms with Gasteiger partial charge < -0.3 is 10.1 Å². The van der Waals surface area contributed by atoms with Gasteiger partial charge in [-0.05, 0) is 39.8 Å². The minimum atomic E-state index is -1.13. The van der Waals surface area contributed by atoms with Crippen molar-refractivity contribution in [2.24, 2.45) is 0 Å². The smallest absolute Gasteiger partial charge is 0.722 e. The maximum Gasteiger partial charge on any atom is 1.00 e. The second-order valence-corrected chi connectivity index (χ2v) is 5.17. The number of benzene rings is 1. The Labute approximate surface area is 167 Å². The second-order valence-electron chi connectivity index (χ2n) is 5.17. The van der Waals surface area contributed by atoms with Crippen LogP contribution >= 0.6 is 0 Å². The van der Waals surface area contributed by atoms with E-state index in [1.807, 2.05) is 0 Å². The van der Waals surface area contributed by atoms with Gasteiger partial charge in [0, 0.05) is 0 Å². The number of carbonyl (C=O) groups excluding carboxylic acids is 1. The van der Waals surface area contributed by atoms with Crippen molar-refractivity contribution in [1.82, 2.24) is 0 Å². The van der Waals surface area contributed by atoms with Gasteiger partial charge in [-0.2, -0.15) is 4.89 Å². The Morgan fingerprint density at radius 2 is 1.57 bits per heavy atom. The Kier molecular flexibility index (Phi) is 8.93. The summed E-state index contributed by atoms with van der Waals surface area (Å²) in [6.07, 6.45) is 0. The quantitative estimate of drug-likeness (QED) is 0.297. The van der Waals surface area contributed by atoms with Crippen molar-refractivity contribution in [3.8, 4) is 11.8 Å². The summed E-state index contributed by atoms with van der Waals surface area (Å²) in [7, 11) is 0. The molecule has 0 aliphatic heterocycles. The Morgan fingerprint density at radius 3 is 2.10 bits per heavy atom. The average molecular weight is 316 g/mol. The zero-order valence-electron chi connectivity index (χ0n) is 12.9. The predicted molar refractivity (Wildman–Crippen MR) is 70.0 cm³/mol. The Bertz CT molecular complexity index is 514. The molecule has 0 fully saturated rings. The summed E-state index contributed by atoms with van der Waals surface area (Å²) in [5.41, 5.74) is -1.82. The largest absolute Gasteiger partial charge is 1.00 e. The first-order valence-electron chi connectivity index (χ1n) is 6.06. The van der Waals surface area contributed by atoms with Crippen molar-refractivity contribution < 1.29 is 76.1 Å². The van der Waals surface area contributed by atoms with E-state index in [2.05, 4.69) is 16.7 Å². The number of rotatable bonds is 4. The minimum absolute atomic E-state index is 0. The van der Waals surface area contributed by atoms with E-state index < -0.39 is 17.2 Å². The summed E-state index contributed by atoms with van der Waals surface area (Å²) in [4.78, 5) is 25.4. The first-order chi connectivity index (χ1) is 9.26. The molecule has 108 valence electrons. The molecule has 1 aromatic rings. The van der Waals surface area contributed by atoms with E-state index in [9.17, 15) is 10.1 Å². The van der Waals surface area contributed by atoms with Gasteiger partial charge in [0.05, 0.1) is 5.56 Å². The molecule has 0 saturated heterocycles. The number of hydrogen-bond donors (Lipinski definition) is 0. The van der Waals surface area contributed by atoms with Crippen LogP contribution in [0.15, 0.2) is 30.3 Å². The normalized spacial score (nSPS) is 10.9. The van der Waals surface area contributed by atoms with Crippen molar-refractivity contribution >= 4 is 5.97 Å². The van der Waals surface area contributed by atoms with E-state index in [0.29, 0.717) is 5.56 Å². The van der Waals surface area contributed by atoms with Crippen LogP contribution in [0.25, 0.3) is 0 Å². The Hall–Kier alpha value is -0.234. The molecule has 6 heteroatoms. The molecule has 0 amide bonds. The van der Waals surface area contributed by atoms with Crippen molar-refractivity contribution in [1.29, 1.82) is 0 Å². The summed E-state index contributed by atoms with van der Waals surface area (Å²) in [5, 5.41) is 10.4. The first-order valence-corrected chi connectivity index (χ1v) is 6.06. The van der Waals surface area contributed by atoms with Crippen molar-refractivity contribution in [2.75, 3.05) is 0 Å². The summed E-state index contributed by atoms with van der Waals surface area (Å²) in [5.74, 6) is 4.68. The fourth-order valence-electron chi connectivity index (χ4n) is 1.11. The zero-order valence-corrected chi connectivity index (χ0v) is 16.1. The third kappa shape index (κ3) is 8.09.